The van der Waals surface area contributed by atoms with Gasteiger partial charge >= 0.3 is 8.60 Å². The second-order valence-electron chi connectivity index (χ2n) is 4.99. The molecule has 0 N–H and O–H groups in total. The van der Waals surface area contributed by atoms with E-state index < -0.39 is 26.1 Å². The molecule has 28 heavy (non-hydrogen) atoms. The second kappa shape index (κ2) is 9.91. The van der Waals surface area contributed by atoms with Gasteiger partial charge in [0.15, 0.2) is 17.5 Å². The Morgan fingerprint density at radius 3 is 1.04 bits per heavy atom. The van der Waals surface area contributed by atoms with E-state index in [-0.39, 0.29) is 17.2 Å². The van der Waals surface area contributed by atoms with Crippen molar-refractivity contribution in [2.24, 2.45) is 0 Å². The van der Waals surface area contributed by atoms with Gasteiger partial charge in [-0.2, -0.15) is 0 Å². The highest BCUT2D eigenvalue weighted by Crippen LogP contribution is 2.42. The molecule has 0 spiro atoms. The first-order valence-electron chi connectivity index (χ1n) is 7.71. The van der Waals surface area contributed by atoms with Crippen LogP contribution in [0, 0.1) is 17.5 Å². The van der Waals surface area contributed by atoms with E-state index >= 15 is 0 Å². The normalized spacial score (nSPS) is 10.7. The van der Waals surface area contributed by atoms with Crippen LogP contribution in [0.25, 0.3) is 0 Å². The average Bonchev–Trinajstić information content (AvgIpc) is 2.71. The SMILES string of the molecule is Fc1ccccc1OOP(OOc1ccccc1F)OOc1ccccc1F. The Bertz CT molecular complexity index is 796. The molecule has 0 fully saturated rings. The molecular weight excluding hydrogens is 400 g/mol. The number of para-hydroxylation sites is 3. The lowest BCUT2D eigenvalue weighted by Crippen LogP contribution is -2.05. The molecule has 0 aliphatic rings. The van der Waals surface area contributed by atoms with Crippen molar-refractivity contribution in [1.29, 1.82) is 0 Å². The fourth-order valence-corrected chi connectivity index (χ4v) is 2.28. The molecule has 0 aromatic heterocycles. The Morgan fingerprint density at radius 1 is 0.464 bits per heavy atom. The maximum absolute atomic E-state index is 13.6. The minimum absolute atomic E-state index is 0.279. The Labute approximate surface area is 158 Å². The van der Waals surface area contributed by atoms with Gasteiger partial charge in [-0.3, -0.25) is 0 Å². The van der Waals surface area contributed by atoms with Gasteiger partial charge in [0.25, 0.3) is 0 Å². The standard InChI is InChI=1S/C18H12F3O6P/c19-13-7-1-4-10-16(13)22-25-28(26-23-17-11-5-2-8-14(17)20)27-24-18-12-6-3-9-15(18)21/h1-12H. The smallest absolute Gasteiger partial charge is 0.326 e. The van der Waals surface area contributed by atoms with Gasteiger partial charge in [0.1, 0.15) is 0 Å². The van der Waals surface area contributed by atoms with E-state index in [9.17, 15) is 13.2 Å². The lowest BCUT2D eigenvalue weighted by Gasteiger charge is -2.14. The molecule has 0 unspecified atom stereocenters. The molecule has 3 rings (SSSR count). The molecule has 0 heterocycles. The van der Waals surface area contributed by atoms with Crippen LogP contribution in [0.5, 0.6) is 17.2 Å². The minimum Gasteiger partial charge on any atom is -0.326 e. The minimum atomic E-state index is -2.64. The summed E-state index contributed by atoms with van der Waals surface area (Å²) in [6.07, 6.45) is 0. The van der Waals surface area contributed by atoms with Crippen molar-refractivity contribution in [3.63, 3.8) is 0 Å². The molecule has 0 radical (unpaired) electrons. The molecule has 0 aliphatic carbocycles. The molecule has 0 aliphatic heterocycles. The monoisotopic (exact) mass is 412 g/mol. The summed E-state index contributed by atoms with van der Waals surface area (Å²) in [6.45, 7) is 0. The van der Waals surface area contributed by atoms with Gasteiger partial charge in [0, 0.05) is 0 Å². The van der Waals surface area contributed by atoms with Crippen LogP contribution >= 0.6 is 8.60 Å². The highest BCUT2D eigenvalue weighted by molar-refractivity contribution is 7.41. The van der Waals surface area contributed by atoms with Gasteiger partial charge in [0.05, 0.1) is 0 Å². The summed E-state index contributed by atoms with van der Waals surface area (Å²) in [5, 5.41) is 0. The van der Waals surface area contributed by atoms with Crippen LogP contribution in [0.3, 0.4) is 0 Å². The molecule has 0 saturated carbocycles. The Morgan fingerprint density at radius 2 is 0.750 bits per heavy atom. The zero-order valence-corrected chi connectivity index (χ0v) is 14.9. The highest BCUT2D eigenvalue weighted by Gasteiger charge is 2.23. The summed E-state index contributed by atoms with van der Waals surface area (Å²) in [6, 6.07) is 16.1. The molecule has 146 valence electrons. The molecule has 10 heteroatoms. The maximum atomic E-state index is 13.6. The number of benzene rings is 3. The third-order valence-electron chi connectivity index (χ3n) is 3.07. The molecular formula is C18H12F3O6P. The van der Waals surface area contributed by atoms with Crippen molar-refractivity contribution < 1.29 is 41.9 Å². The first-order chi connectivity index (χ1) is 13.6. The first-order valence-corrected chi connectivity index (χ1v) is 8.80. The van der Waals surface area contributed by atoms with E-state index in [0.29, 0.717) is 0 Å². The van der Waals surface area contributed by atoms with Gasteiger partial charge in [-0.05, 0) is 36.4 Å². The average molecular weight is 412 g/mol. The van der Waals surface area contributed by atoms with Crippen molar-refractivity contribution in [2.75, 3.05) is 0 Å². The first kappa shape index (κ1) is 19.9. The topological polar surface area (TPSA) is 55.4 Å². The Kier molecular flexibility index (Phi) is 7.05. The quantitative estimate of drug-likeness (QED) is 0.257. The van der Waals surface area contributed by atoms with Gasteiger partial charge < -0.3 is 14.7 Å². The summed E-state index contributed by atoms with van der Waals surface area (Å²) in [7, 11) is -2.64. The summed E-state index contributed by atoms with van der Waals surface area (Å²) in [5.41, 5.74) is 0. The van der Waals surface area contributed by atoms with Crippen LogP contribution < -0.4 is 14.7 Å². The number of rotatable bonds is 9. The molecule has 0 saturated heterocycles. The number of halogens is 3. The molecule has 6 nitrogen and oxygen atoms in total. The fraction of sp³-hybridized carbons (Fsp3) is 0. The predicted octanol–water partition coefficient (Wildman–Crippen LogP) is 5.66. The largest absolute Gasteiger partial charge is 0.455 e. The molecule has 0 atom stereocenters. The summed E-state index contributed by atoms with van der Waals surface area (Å²) >= 11 is 0. The zero-order chi connectivity index (χ0) is 19.8. The van der Waals surface area contributed by atoms with Gasteiger partial charge in [-0.15, -0.1) is 0 Å². The van der Waals surface area contributed by atoms with Crippen molar-refractivity contribution >= 4 is 8.60 Å². The van der Waals surface area contributed by atoms with Crippen LogP contribution in [-0.4, -0.2) is 0 Å². The fourth-order valence-electron chi connectivity index (χ4n) is 1.79. The molecule has 3 aromatic carbocycles. The van der Waals surface area contributed by atoms with Crippen LogP contribution in [0.1, 0.15) is 0 Å². The molecule has 0 amide bonds. The molecule has 0 bridgehead atoms. The summed E-state index contributed by atoms with van der Waals surface area (Å²) < 4.78 is 55.3. The van der Waals surface area contributed by atoms with E-state index in [1.165, 1.54) is 54.6 Å². The van der Waals surface area contributed by atoms with Crippen molar-refractivity contribution in [2.45, 2.75) is 0 Å². The summed E-state index contributed by atoms with van der Waals surface area (Å²) in [5.74, 6) is -3.00. The van der Waals surface area contributed by atoms with E-state index in [2.05, 4.69) is 0 Å². The van der Waals surface area contributed by atoms with Crippen LogP contribution in [0.15, 0.2) is 72.8 Å². The van der Waals surface area contributed by atoms with E-state index in [4.69, 9.17) is 28.7 Å². The number of hydrogen-bond acceptors (Lipinski definition) is 6. The summed E-state index contributed by atoms with van der Waals surface area (Å²) in [4.78, 5) is 14.4. The lowest BCUT2D eigenvalue weighted by atomic mass is 10.3. The van der Waals surface area contributed by atoms with Crippen LogP contribution in [-0.2, 0) is 14.0 Å². The second-order valence-corrected chi connectivity index (χ2v) is 5.88. The van der Waals surface area contributed by atoms with Crippen LogP contribution in [0.4, 0.5) is 13.2 Å². The zero-order valence-electron chi connectivity index (χ0n) is 14.0. The van der Waals surface area contributed by atoms with E-state index in [1.807, 2.05) is 0 Å². The van der Waals surface area contributed by atoms with Crippen molar-refractivity contribution in [1.82, 2.24) is 0 Å². The van der Waals surface area contributed by atoms with Crippen molar-refractivity contribution in [3.8, 4) is 17.2 Å². The van der Waals surface area contributed by atoms with Gasteiger partial charge in [-0.1, -0.05) is 50.4 Å². The Hall–Kier alpha value is -2.84. The van der Waals surface area contributed by atoms with E-state index in [0.717, 1.165) is 18.2 Å². The van der Waals surface area contributed by atoms with Crippen molar-refractivity contribution in [3.05, 3.63) is 90.2 Å². The number of hydrogen-bond donors (Lipinski definition) is 0. The predicted molar refractivity (Wildman–Crippen MR) is 91.3 cm³/mol. The van der Waals surface area contributed by atoms with Crippen LogP contribution in [0.2, 0.25) is 0 Å². The third kappa shape index (κ3) is 5.58. The van der Waals surface area contributed by atoms with E-state index in [1.54, 1.807) is 0 Å². The molecule has 3 aromatic rings. The van der Waals surface area contributed by atoms with Gasteiger partial charge in [-0.25, -0.2) is 13.2 Å². The highest BCUT2D eigenvalue weighted by atomic mass is 31.2. The maximum Gasteiger partial charge on any atom is 0.455 e. The van der Waals surface area contributed by atoms with Gasteiger partial charge in [0.2, 0.25) is 17.2 Å². The Balaban J connectivity index is 1.65. The third-order valence-corrected chi connectivity index (χ3v) is 3.66. The lowest BCUT2D eigenvalue weighted by molar-refractivity contribution is -0.221.